The molecule has 0 amide bonds. The van der Waals surface area contributed by atoms with Gasteiger partial charge in [0.1, 0.15) is 0 Å². The van der Waals surface area contributed by atoms with Crippen LogP contribution in [0.1, 0.15) is 10.4 Å². The summed E-state index contributed by atoms with van der Waals surface area (Å²) in [5, 5.41) is 8.38. The van der Waals surface area contributed by atoms with Crippen molar-refractivity contribution >= 4 is 18.9 Å². The van der Waals surface area contributed by atoms with E-state index in [1.165, 1.54) is 0 Å². The number of carboxylic acid groups (broad SMARTS) is 1. The Hall–Kier alpha value is -2.95. The first-order valence-electron chi connectivity index (χ1n) is 5.53. The van der Waals surface area contributed by atoms with Gasteiger partial charge < -0.3 is 9.84 Å². The molecule has 0 heterocycles. The van der Waals surface area contributed by atoms with Crippen LogP contribution in [0.3, 0.4) is 0 Å². The third kappa shape index (κ3) is 10.2. The molecule has 0 atom stereocenters. The van der Waals surface area contributed by atoms with Crippen LogP contribution in [-0.4, -0.2) is 24.0 Å². The van der Waals surface area contributed by atoms with E-state index in [4.69, 9.17) is 14.7 Å². The van der Waals surface area contributed by atoms with Crippen molar-refractivity contribution in [1.82, 2.24) is 0 Å². The van der Waals surface area contributed by atoms with E-state index in [-0.39, 0.29) is 12.9 Å². The fraction of sp³-hybridized carbons (Fsp3) is 0. The van der Waals surface area contributed by atoms with Crippen molar-refractivity contribution < 1.29 is 24.2 Å². The Morgan fingerprint density at radius 2 is 1.15 bits per heavy atom. The number of rotatable bonds is 3. The van der Waals surface area contributed by atoms with Crippen LogP contribution in [0.25, 0.3) is 0 Å². The van der Waals surface area contributed by atoms with Crippen molar-refractivity contribution in [3.05, 3.63) is 72.3 Å². The first-order valence-corrected chi connectivity index (χ1v) is 5.53. The van der Waals surface area contributed by atoms with Crippen LogP contribution in [0.15, 0.2) is 66.7 Å². The number of hydrogen-bond acceptors (Lipinski definition) is 4. The molecule has 0 spiro atoms. The summed E-state index contributed by atoms with van der Waals surface area (Å²) in [6.45, 7) is 0.125. The van der Waals surface area contributed by atoms with E-state index in [2.05, 4.69) is 4.74 Å². The molecule has 104 valence electrons. The predicted octanol–water partition coefficient (Wildman–Crippen LogP) is 2.39. The van der Waals surface area contributed by atoms with E-state index in [1.807, 2.05) is 36.4 Å². The summed E-state index contributed by atoms with van der Waals surface area (Å²) in [6, 6.07) is 20.3. The van der Waals surface area contributed by atoms with E-state index in [9.17, 15) is 4.79 Å². The average molecular weight is 274 g/mol. The number of carboxylic acids is 1. The lowest BCUT2D eigenvalue weighted by Crippen LogP contribution is -1.93. The second-order valence-corrected chi connectivity index (χ2v) is 3.15. The standard InChI is InChI=1S/C7H6O2.C6H6.C2H2O3/c8-7(9)6-4-2-1-3-5-6;1-2-4-6-5-3-1;3-1-5-2-4/h1-5H,(H,8,9);1-6H;1-2H. The van der Waals surface area contributed by atoms with Crippen molar-refractivity contribution in [2.24, 2.45) is 0 Å². The minimum atomic E-state index is -0.879. The van der Waals surface area contributed by atoms with Crippen molar-refractivity contribution in [3.8, 4) is 0 Å². The third-order valence-corrected chi connectivity index (χ3v) is 1.80. The van der Waals surface area contributed by atoms with Crippen LogP contribution in [0.5, 0.6) is 0 Å². The van der Waals surface area contributed by atoms with Crippen LogP contribution >= 0.6 is 0 Å². The zero-order valence-electron chi connectivity index (χ0n) is 10.6. The summed E-state index contributed by atoms with van der Waals surface area (Å²) < 4.78 is 3.47. The van der Waals surface area contributed by atoms with Crippen LogP contribution in [-0.2, 0) is 14.3 Å². The first kappa shape index (κ1) is 17.1. The molecule has 0 radical (unpaired) electrons. The lowest BCUT2D eigenvalue weighted by Gasteiger charge is -1.88. The minimum Gasteiger partial charge on any atom is -0.478 e. The molecule has 0 saturated carbocycles. The maximum absolute atomic E-state index is 10.2. The van der Waals surface area contributed by atoms with Gasteiger partial charge in [-0.05, 0) is 12.1 Å². The summed E-state index contributed by atoms with van der Waals surface area (Å²) >= 11 is 0. The third-order valence-electron chi connectivity index (χ3n) is 1.80. The molecule has 0 aliphatic carbocycles. The molecule has 0 aliphatic heterocycles. The molecular weight excluding hydrogens is 260 g/mol. The Labute approximate surface area is 116 Å². The largest absolute Gasteiger partial charge is 0.478 e. The van der Waals surface area contributed by atoms with Gasteiger partial charge in [-0.2, -0.15) is 0 Å². The number of ether oxygens (including phenoxy) is 1. The van der Waals surface area contributed by atoms with Gasteiger partial charge in [-0.3, -0.25) is 9.59 Å². The molecule has 2 aromatic carbocycles. The fourth-order valence-electron chi connectivity index (χ4n) is 0.988. The molecule has 5 nitrogen and oxygen atoms in total. The van der Waals surface area contributed by atoms with Crippen LogP contribution in [0.2, 0.25) is 0 Å². The highest BCUT2D eigenvalue weighted by Crippen LogP contribution is 1.96. The maximum Gasteiger partial charge on any atom is 0.335 e. The van der Waals surface area contributed by atoms with Crippen molar-refractivity contribution in [2.75, 3.05) is 0 Å². The summed E-state index contributed by atoms with van der Waals surface area (Å²) in [4.78, 5) is 28.1. The zero-order chi connectivity index (χ0) is 15.1. The average Bonchev–Trinajstić information content (AvgIpc) is 2.52. The van der Waals surface area contributed by atoms with Gasteiger partial charge in [-0.15, -0.1) is 0 Å². The van der Waals surface area contributed by atoms with Gasteiger partial charge in [-0.25, -0.2) is 4.79 Å². The van der Waals surface area contributed by atoms with Gasteiger partial charge in [0.25, 0.3) is 0 Å². The van der Waals surface area contributed by atoms with E-state index in [0.717, 1.165) is 0 Å². The summed E-state index contributed by atoms with van der Waals surface area (Å²) in [6.07, 6.45) is 0. The van der Waals surface area contributed by atoms with Crippen molar-refractivity contribution in [2.45, 2.75) is 0 Å². The van der Waals surface area contributed by atoms with Crippen LogP contribution in [0.4, 0.5) is 0 Å². The summed E-state index contributed by atoms with van der Waals surface area (Å²) in [7, 11) is 0. The number of carbonyl (C=O) groups is 3. The van der Waals surface area contributed by atoms with E-state index in [1.54, 1.807) is 30.3 Å². The van der Waals surface area contributed by atoms with Crippen LogP contribution < -0.4 is 0 Å². The molecule has 0 saturated heterocycles. The molecule has 0 unspecified atom stereocenters. The molecule has 0 aliphatic rings. The molecule has 2 aromatic rings. The summed E-state index contributed by atoms with van der Waals surface area (Å²) in [5.41, 5.74) is 0.331. The van der Waals surface area contributed by atoms with Crippen molar-refractivity contribution in [3.63, 3.8) is 0 Å². The quantitative estimate of drug-likeness (QED) is 0.686. The van der Waals surface area contributed by atoms with Gasteiger partial charge in [0, 0.05) is 0 Å². The number of benzene rings is 2. The molecular formula is C15H14O5. The maximum atomic E-state index is 10.2. The number of carbonyl (C=O) groups excluding carboxylic acids is 2. The Balaban J connectivity index is 0.000000288. The monoisotopic (exact) mass is 274 g/mol. The van der Waals surface area contributed by atoms with E-state index in [0.29, 0.717) is 5.56 Å². The van der Waals surface area contributed by atoms with Gasteiger partial charge in [0.15, 0.2) is 0 Å². The predicted molar refractivity (Wildman–Crippen MR) is 73.1 cm³/mol. The normalized spacial score (nSPS) is 7.80. The highest BCUT2D eigenvalue weighted by Gasteiger charge is 1.96. The van der Waals surface area contributed by atoms with E-state index < -0.39 is 5.97 Å². The summed E-state index contributed by atoms with van der Waals surface area (Å²) in [5.74, 6) is -0.879. The van der Waals surface area contributed by atoms with E-state index >= 15 is 0 Å². The van der Waals surface area contributed by atoms with Gasteiger partial charge in [0.2, 0.25) is 0 Å². The minimum absolute atomic E-state index is 0.0625. The van der Waals surface area contributed by atoms with Gasteiger partial charge >= 0.3 is 18.9 Å². The van der Waals surface area contributed by atoms with Gasteiger partial charge in [0.05, 0.1) is 5.56 Å². The molecule has 2 rings (SSSR count). The second-order valence-electron chi connectivity index (χ2n) is 3.15. The SMILES string of the molecule is O=C(O)c1ccccc1.O=COC=O.c1ccccc1. The van der Waals surface area contributed by atoms with Crippen molar-refractivity contribution in [1.29, 1.82) is 0 Å². The topological polar surface area (TPSA) is 80.7 Å². The lowest BCUT2D eigenvalue weighted by atomic mass is 10.2. The Bertz CT molecular complexity index is 449. The lowest BCUT2D eigenvalue weighted by molar-refractivity contribution is -0.141. The van der Waals surface area contributed by atoms with Gasteiger partial charge in [-0.1, -0.05) is 54.6 Å². The highest BCUT2D eigenvalue weighted by molar-refractivity contribution is 5.87. The zero-order valence-corrected chi connectivity index (χ0v) is 10.6. The molecule has 0 bridgehead atoms. The smallest absolute Gasteiger partial charge is 0.335 e. The molecule has 0 aromatic heterocycles. The number of hydrogen-bond donors (Lipinski definition) is 1. The molecule has 0 fully saturated rings. The first-order chi connectivity index (χ1) is 9.72. The molecule has 20 heavy (non-hydrogen) atoms. The molecule has 1 N–H and O–H groups in total. The highest BCUT2D eigenvalue weighted by atomic mass is 16.6. The molecule has 5 heteroatoms. The number of aromatic carboxylic acids is 1. The second kappa shape index (κ2) is 12.5. The van der Waals surface area contributed by atoms with Crippen LogP contribution in [0, 0.1) is 0 Å². The fourth-order valence-corrected chi connectivity index (χ4v) is 0.988. The Morgan fingerprint density at radius 1 is 0.800 bits per heavy atom. The Morgan fingerprint density at radius 3 is 1.35 bits per heavy atom. The Kier molecular flexibility index (Phi) is 10.7.